The van der Waals surface area contributed by atoms with Crippen LogP contribution in [0.1, 0.15) is 29.7 Å². The first-order chi connectivity index (χ1) is 10.8. The SMILES string of the molecule is Brc1ccc2c(CNC3CC3)c(Cc3ccccc3)[nH]c2c1. The van der Waals surface area contributed by atoms with Gasteiger partial charge in [0.05, 0.1) is 0 Å². The summed E-state index contributed by atoms with van der Waals surface area (Å²) in [6, 6.07) is 17.9. The van der Waals surface area contributed by atoms with E-state index in [4.69, 9.17) is 0 Å². The Morgan fingerprint density at radius 2 is 1.91 bits per heavy atom. The summed E-state index contributed by atoms with van der Waals surface area (Å²) in [6.45, 7) is 0.953. The molecule has 0 radical (unpaired) electrons. The molecule has 3 aromatic rings. The predicted molar refractivity (Wildman–Crippen MR) is 95.1 cm³/mol. The number of fused-ring (bicyclic) bond motifs is 1. The minimum atomic E-state index is 0.727. The van der Waals surface area contributed by atoms with Crippen molar-refractivity contribution in [2.75, 3.05) is 0 Å². The normalized spacial score (nSPS) is 14.6. The van der Waals surface area contributed by atoms with Crippen molar-refractivity contribution in [2.24, 2.45) is 0 Å². The molecule has 1 saturated carbocycles. The van der Waals surface area contributed by atoms with Crippen LogP contribution in [-0.4, -0.2) is 11.0 Å². The van der Waals surface area contributed by atoms with Crippen LogP contribution in [-0.2, 0) is 13.0 Å². The lowest BCUT2D eigenvalue weighted by atomic mass is 10.0. The van der Waals surface area contributed by atoms with Gasteiger partial charge in [-0.15, -0.1) is 0 Å². The fourth-order valence-corrected chi connectivity index (χ4v) is 3.33. The molecule has 0 atom stereocenters. The number of hydrogen-bond donors (Lipinski definition) is 2. The van der Waals surface area contributed by atoms with Crippen LogP contribution < -0.4 is 5.32 Å². The second-order valence-electron chi connectivity index (χ2n) is 6.09. The Kier molecular flexibility index (Phi) is 3.77. The Balaban J connectivity index is 1.72. The number of hydrogen-bond acceptors (Lipinski definition) is 1. The van der Waals surface area contributed by atoms with E-state index >= 15 is 0 Å². The third-order valence-electron chi connectivity index (χ3n) is 4.33. The number of H-pyrrole nitrogens is 1. The third kappa shape index (κ3) is 2.96. The average molecular weight is 355 g/mol. The van der Waals surface area contributed by atoms with Crippen LogP contribution in [0, 0.1) is 0 Å². The molecule has 1 heterocycles. The van der Waals surface area contributed by atoms with Gasteiger partial charge in [0, 0.05) is 40.1 Å². The molecule has 4 rings (SSSR count). The van der Waals surface area contributed by atoms with Crippen LogP contribution in [0.3, 0.4) is 0 Å². The van der Waals surface area contributed by atoms with Gasteiger partial charge in [0.25, 0.3) is 0 Å². The Morgan fingerprint density at radius 1 is 1.09 bits per heavy atom. The van der Waals surface area contributed by atoms with Gasteiger partial charge in [-0.25, -0.2) is 0 Å². The second kappa shape index (κ2) is 5.90. The molecule has 1 aliphatic rings. The summed E-state index contributed by atoms with van der Waals surface area (Å²) in [5.74, 6) is 0. The van der Waals surface area contributed by atoms with Crippen LogP contribution in [0.25, 0.3) is 10.9 Å². The highest BCUT2D eigenvalue weighted by Gasteiger charge is 2.21. The Morgan fingerprint density at radius 3 is 2.68 bits per heavy atom. The zero-order valence-electron chi connectivity index (χ0n) is 12.4. The van der Waals surface area contributed by atoms with E-state index in [-0.39, 0.29) is 0 Å². The number of halogens is 1. The fraction of sp³-hybridized carbons (Fsp3) is 0.263. The monoisotopic (exact) mass is 354 g/mol. The zero-order chi connectivity index (χ0) is 14.9. The van der Waals surface area contributed by atoms with E-state index in [1.807, 2.05) is 0 Å². The van der Waals surface area contributed by atoms with Crippen molar-refractivity contribution < 1.29 is 0 Å². The first-order valence-corrected chi connectivity index (χ1v) is 8.65. The van der Waals surface area contributed by atoms with Gasteiger partial charge in [0.1, 0.15) is 0 Å². The second-order valence-corrected chi connectivity index (χ2v) is 7.01. The first kappa shape index (κ1) is 14.0. The smallest absolute Gasteiger partial charge is 0.0470 e. The number of aromatic nitrogens is 1. The summed E-state index contributed by atoms with van der Waals surface area (Å²) in [5.41, 5.74) is 5.30. The van der Waals surface area contributed by atoms with Crippen LogP contribution in [0.5, 0.6) is 0 Å². The largest absolute Gasteiger partial charge is 0.358 e. The van der Waals surface area contributed by atoms with Crippen molar-refractivity contribution >= 4 is 26.8 Å². The topological polar surface area (TPSA) is 27.8 Å². The molecule has 1 aliphatic carbocycles. The highest BCUT2D eigenvalue weighted by molar-refractivity contribution is 9.10. The van der Waals surface area contributed by atoms with Gasteiger partial charge in [-0.3, -0.25) is 0 Å². The first-order valence-electron chi connectivity index (χ1n) is 7.86. The van der Waals surface area contributed by atoms with Crippen molar-refractivity contribution in [1.29, 1.82) is 0 Å². The van der Waals surface area contributed by atoms with Gasteiger partial charge in [-0.05, 0) is 36.1 Å². The average Bonchev–Trinajstić information content (AvgIpc) is 3.29. The number of nitrogens with one attached hydrogen (secondary N) is 2. The Labute approximate surface area is 139 Å². The molecule has 0 spiro atoms. The van der Waals surface area contributed by atoms with Crippen molar-refractivity contribution in [3.63, 3.8) is 0 Å². The maximum absolute atomic E-state index is 3.66. The van der Waals surface area contributed by atoms with E-state index in [0.29, 0.717) is 0 Å². The molecule has 112 valence electrons. The molecule has 1 fully saturated rings. The number of rotatable bonds is 5. The van der Waals surface area contributed by atoms with Gasteiger partial charge in [0.2, 0.25) is 0 Å². The standard InChI is InChI=1S/C19H19BrN2/c20-14-6-9-16-17(12-21-15-7-8-15)18(22-19(16)11-14)10-13-4-2-1-3-5-13/h1-6,9,11,15,21-22H,7-8,10,12H2. The van der Waals surface area contributed by atoms with Crippen molar-refractivity contribution in [2.45, 2.75) is 31.8 Å². The maximum atomic E-state index is 3.66. The molecule has 0 aliphatic heterocycles. The zero-order valence-corrected chi connectivity index (χ0v) is 14.0. The molecule has 0 unspecified atom stereocenters. The predicted octanol–water partition coefficient (Wildman–Crippen LogP) is 4.77. The molecular weight excluding hydrogens is 336 g/mol. The Hall–Kier alpha value is -1.58. The third-order valence-corrected chi connectivity index (χ3v) is 4.82. The van der Waals surface area contributed by atoms with Crippen molar-refractivity contribution in [3.05, 3.63) is 69.8 Å². The van der Waals surface area contributed by atoms with Crippen LogP contribution in [0.2, 0.25) is 0 Å². The molecule has 0 amide bonds. The van der Waals surface area contributed by atoms with Gasteiger partial charge < -0.3 is 10.3 Å². The lowest BCUT2D eigenvalue weighted by molar-refractivity contribution is 0.686. The molecule has 1 aromatic heterocycles. The quantitative estimate of drug-likeness (QED) is 0.678. The van der Waals surface area contributed by atoms with Crippen LogP contribution in [0.4, 0.5) is 0 Å². The van der Waals surface area contributed by atoms with Gasteiger partial charge in [0.15, 0.2) is 0 Å². The molecule has 3 heteroatoms. The van der Waals surface area contributed by atoms with E-state index in [1.165, 1.54) is 40.6 Å². The molecule has 0 saturated heterocycles. The molecule has 2 N–H and O–H groups in total. The van der Waals surface area contributed by atoms with Gasteiger partial charge in [-0.1, -0.05) is 52.3 Å². The molecule has 2 nitrogen and oxygen atoms in total. The number of aromatic amines is 1. The lowest BCUT2D eigenvalue weighted by Crippen LogP contribution is -2.16. The van der Waals surface area contributed by atoms with Crippen LogP contribution >= 0.6 is 15.9 Å². The fourth-order valence-electron chi connectivity index (χ4n) is 2.97. The molecule has 22 heavy (non-hydrogen) atoms. The summed E-state index contributed by atoms with van der Waals surface area (Å²) in [7, 11) is 0. The minimum Gasteiger partial charge on any atom is -0.358 e. The van der Waals surface area contributed by atoms with Gasteiger partial charge in [-0.2, -0.15) is 0 Å². The Bertz CT molecular complexity index is 788. The molecule has 2 aromatic carbocycles. The van der Waals surface area contributed by atoms with Crippen molar-refractivity contribution in [3.8, 4) is 0 Å². The minimum absolute atomic E-state index is 0.727. The maximum Gasteiger partial charge on any atom is 0.0470 e. The van der Waals surface area contributed by atoms with E-state index in [0.717, 1.165) is 23.5 Å². The van der Waals surface area contributed by atoms with Crippen molar-refractivity contribution in [1.82, 2.24) is 10.3 Å². The summed E-state index contributed by atoms with van der Waals surface area (Å²) >= 11 is 3.57. The summed E-state index contributed by atoms with van der Waals surface area (Å²) in [6.07, 6.45) is 3.60. The van der Waals surface area contributed by atoms with E-state index in [9.17, 15) is 0 Å². The summed E-state index contributed by atoms with van der Waals surface area (Å²) < 4.78 is 1.12. The van der Waals surface area contributed by atoms with E-state index < -0.39 is 0 Å². The van der Waals surface area contributed by atoms with Crippen LogP contribution in [0.15, 0.2) is 53.0 Å². The summed E-state index contributed by atoms with van der Waals surface area (Å²) in [5, 5.41) is 5.00. The molecule has 0 bridgehead atoms. The summed E-state index contributed by atoms with van der Waals surface area (Å²) in [4.78, 5) is 3.63. The highest BCUT2D eigenvalue weighted by atomic mass is 79.9. The van der Waals surface area contributed by atoms with E-state index in [2.05, 4.69) is 74.8 Å². The molecular formula is C19H19BrN2. The number of benzene rings is 2. The van der Waals surface area contributed by atoms with E-state index in [1.54, 1.807) is 0 Å². The lowest BCUT2D eigenvalue weighted by Gasteiger charge is -2.06. The van der Waals surface area contributed by atoms with Gasteiger partial charge >= 0.3 is 0 Å². The highest BCUT2D eigenvalue weighted by Crippen LogP contribution is 2.28.